The summed E-state index contributed by atoms with van der Waals surface area (Å²) < 4.78 is 0. The van der Waals surface area contributed by atoms with Gasteiger partial charge < -0.3 is 5.21 Å². The molecule has 1 heterocycles. The monoisotopic (exact) mass is 321 g/mol. The van der Waals surface area contributed by atoms with E-state index in [4.69, 9.17) is 0 Å². The number of nitrogens with one attached hydrogen (secondary N) is 1. The molecule has 4 atom stereocenters. The van der Waals surface area contributed by atoms with Gasteiger partial charge in [-0.3, -0.25) is 5.43 Å². The summed E-state index contributed by atoms with van der Waals surface area (Å²) in [6.07, 6.45) is 7.45. The number of benzene rings is 1. The number of rotatable bonds is 0. The van der Waals surface area contributed by atoms with E-state index in [9.17, 15) is 5.21 Å². The second-order valence-corrected chi connectivity index (χ2v) is 7.61. The third-order valence-electron chi connectivity index (χ3n) is 6.30. The molecule has 4 heteroatoms. The minimum Gasteiger partial charge on any atom is -0.411 e. The van der Waals surface area contributed by atoms with Gasteiger partial charge in [0, 0.05) is 37.9 Å². The smallest absolute Gasteiger partial charge is 0.0883 e. The van der Waals surface area contributed by atoms with Gasteiger partial charge in [-0.2, -0.15) is 0 Å². The van der Waals surface area contributed by atoms with Crippen LogP contribution in [0.5, 0.6) is 0 Å². The second kappa shape index (κ2) is 5.30. The fraction of sp³-hybridized carbons (Fsp3) is 0.450. The average molecular weight is 321 g/mol. The molecule has 1 saturated heterocycles. The number of nitrogens with zero attached hydrogens (tertiary/aromatic N) is 2. The summed E-state index contributed by atoms with van der Waals surface area (Å²) >= 11 is 0. The highest BCUT2D eigenvalue weighted by Crippen LogP contribution is 2.50. The van der Waals surface area contributed by atoms with Crippen LogP contribution in [-0.2, 0) is 6.42 Å². The molecule has 0 saturated carbocycles. The lowest BCUT2D eigenvalue weighted by Gasteiger charge is -2.48. The number of likely N-dealkylation sites (N-methyl/N-ethyl adjacent to an activating group) is 1. The highest BCUT2D eigenvalue weighted by Gasteiger charge is 2.47. The Labute approximate surface area is 142 Å². The Balaban J connectivity index is 1.76. The Morgan fingerprint density at radius 1 is 1.25 bits per heavy atom. The van der Waals surface area contributed by atoms with Crippen LogP contribution in [0.2, 0.25) is 0 Å². The van der Waals surface area contributed by atoms with Crippen LogP contribution in [0.3, 0.4) is 0 Å². The van der Waals surface area contributed by atoms with Gasteiger partial charge in [0.05, 0.1) is 5.71 Å². The van der Waals surface area contributed by atoms with Crippen LogP contribution in [-0.4, -0.2) is 35.6 Å². The number of hydrazine groups is 1. The number of allylic oxidation sites excluding steroid dienone is 3. The molecule has 0 aromatic heterocycles. The van der Waals surface area contributed by atoms with Crippen LogP contribution in [0.25, 0.3) is 0 Å². The first-order chi connectivity index (χ1) is 11.8. The van der Waals surface area contributed by atoms with E-state index in [1.807, 2.05) is 0 Å². The molecule has 0 amide bonds. The molecule has 124 valence electrons. The maximum atomic E-state index is 9.58. The molecule has 4 unspecified atom stereocenters. The molecule has 2 N–H and O–H groups in total. The molecule has 1 aromatic rings. The molecular weight excluding hydrogens is 298 g/mol. The lowest BCUT2D eigenvalue weighted by Crippen LogP contribution is -2.58. The van der Waals surface area contributed by atoms with Crippen molar-refractivity contribution in [3.63, 3.8) is 0 Å². The minimum absolute atomic E-state index is 0.318. The third-order valence-corrected chi connectivity index (χ3v) is 6.30. The van der Waals surface area contributed by atoms with Gasteiger partial charge in [0.15, 0.2) is 0 Å². The van der Waals surface area contributed by atoms with Crippen LogP contribution >= 0.6 is 0 Å². The van der Waals surface area contributed by atoms with Crippen LogP contribution in [0.15, 0.2) is 52.7 Å². The van der Waals surface area contributed by atoms with E-state index >= 15 is 0 Å². The van der Waals surface area contributed by atoms with Crippen molar-refractivity contribution in [1.82, 2.24) is 10.4 Å². The minimum atomic E-state index is 0.318. The zero-order valence-electron chi connectivity index (χ0n) is 13.9. The van der Waals surface area contributed by atoms with Gasteiger partial charge in [-0.1, -0.05) is 47.1 Å². The SMILES string of the molecule is CN1CC2c3ccccc3CC3CC=CC4=C3C2C(CC4=NO)N1. The summed E-state index contributed by atoms with van der Waals surface area (Å²) in [6.45, 7) is 1.02. The van der Waals surface area contributed by atoms with Crippen LogP contribution < -0.4 is 5.43 Å². The molecule has 1 fully saturated rings. The molecular formula is C20H23N3O. The molecule has 0 radical (unpaired) electrons. The van der Waals surface area contributed by atoms with Crippen molar-refractivity contribution >= 4 is 5.71 Å². The molecule has 4 aliphatic rings. The van der Waals surface area contributed by atoms with E-state index in [0.717, 1.165) is 31.5 Å². The van der Waals surface area contributed by atoms with Gasteiger partial charge in [-0.05, 0) is 35.5 Å². The Kier molecular flexibility index (Phi) is 3.19. The van der Waals surface area contributed by atoms with Crippen molar-refractivity contribution in [3.05, 3.63) is 58.7 Å². The summed E-state index contributed by atoms with van der Waals surface area (Å²) in [5.41, 5.74) is 10.2. The van der Waals surface area contributed by atoms with Crippen LogP contribution in [0.4, 0.5) is 0 Å². The number of hydrogen-bond acceptors (Lipinski definition) is 4. The summed E-state index contributed by atoms with van der Waals surface area (Å²) in [5.74, 6) is 1.55. The van der Waals surface area contributed by atoms with E-state index < -0.39 is 0 Å². The quantitative estimate of drug-likeness (QED) is 0.570. The Morgan fingerprint density at radius 2 is 2.12 bits per heavy atom. The Morgan fingerprint density at radius 3 is 3.00 bits per heavy atom. The molecule has 4 nitrogen and oxygen atoms in total. The summed E-state index contributed by atoms with van der Waals surface area (Å²) in [7, 11) is 2.13. The van der Waals surface area contributed by atoms with E-state index in [0.29, 0.717) is 23.8 Å². The van der Waals surface area contributed by atoms with Crippen molar-refractivity contribution in [2.24, 2.45) is 17.0 Å². The zero-order chi connectivity index (χ0) is 16.3. The molecule has 1 aliphatic heterocycles. The predicted molar refractivity (Wildman–Crippen MR) is 94.0 cm³/mol. The Bertz CT molecular complexity index is 779. The fourth-order valence-electron chi connectivity index (χ4n) is 5.46. The van der Waals surface area contributed by atoms with Crippen molar-refractivity contribution in [3.8, 4) is 0 Å². The standard InChI is InChI=1S/C20H23N3O/c1-23-11-16-14-7-3-2-5-12(14)9-13-6-4-8-15-17(22-24)10-18(21-23)20(16)19(13)15/h2-5,7-8,13,16,18,20-21,24H,6,9-11H2,1H3. The largest absolute Gasteiger partial charge is 0.411 e. The predicted octanol–water partition coefficient (Wildman–Crippen LogP) is 2.87. The number of fused-ring (bicyclic) bond motifs is 2. The first-order valence-electron chi connectivity index (χ1n) is 8.93. The van der Waals surface area contributed by atoms with E-state index in [1.165, 1.54) is 22.3 Å². The van der Waals surface area contributed by atoms with Crippen LogP contribution in [0.1, 0.15) is 29.9 Å². The van der Waals surface area contributed by atoms with Crippen molar-refractivity contribution in [2.75, 3.05) is 13.6 Å². The van der Waals surface area contributed by atoms with E-state index in [-0.39, 0.29) is 0 Å². The highest BCUT2D eigenvalue weighted by atomic mass is 16.4. The molecule has 3 aliphatic carbocycles. The van der Waals surface area contributed by atoms with E-state index in [2.05, 4.69) is 59.1 Å². The van der Waals surface area contributed by atoms with Gasteiger partial charge in [0.1, 0.15) is 0 Å². The van der Waals surface area contributed by atoms with Gasteiger partial charge in [-0.25, -0.2) is 5.01 Å². The van der Waals surface area contributed by atoms with Crippen molar-refractivity contribution < 1.29 is 5.21 Å². The fourth-order valence-corrected chi connectivity index (χ4v) is 5.46. The topological polar surface area (TPSA) is 47.9 Å². The summed E-state index contributed by atoms with van der Waals surface area (Å²) in [5, 5.41) is 15.5. The first kappa shape index (κ1) is 14.4. The van der Waals surface area contributed by atoms with E-state index in [1.54, 1.807) is 0 Å². The van der Waals surface area contributed by atoms with Crippen molar-refractivity contribution in [2.45, 2.75) is 31.2 Å². The maximum Gasteiger partial charge on any atom is 0.0883 e. The van der Waals surface area contributed by atoms with Gasteiger partial charge in [0.25, 0.3) is 0 Å². The lowest BCUT2D eigenvalue weighted by molar-refractivity contribution is 0.0901. The third kappa shape index (κ3) is 1.96. The number of oxime groups is 1. The highest BCUT2D eigenvalue weighted by molar-refractivity contribution is 6.04. The molecule has 24 heavy (non-hydrogen) atoms. The zero-order valence-corrected chi connectivity index (χ0v) is 13.9. The second-order valence-electron chi connectivity index (χ2n) is 7.61. The number of hydrogen-bond donors (Lipinski definition) is 2. The van der Waals surface area contributed by atoms with Gasteiger partial charge in [0.2, 0.25) is 0 Å². The first-order valence-corrected chi connectivity index (χ1v) is 8.93. The lowest BCUT2D eigenvalue weighted by atomic mass is 9.65. The summed E-state index contributed by atoms with van der Waals surface area (Å²) in [4.78, 5) is 0. The molecule has 0 bridgehead atoms. The van der Waals surface area contributed by atoms with Crippen LogP contribution in [0, 0.1) is 11.8 Å². The average Bonchev–Trinajstić information content (AvgIpc) is 2.74. The van der Waals surface area contributed by atoms with Gasteiger partial charge >= 0.3 is 0 Å². The Hall–Kier alpha value is -1.91. The van der Waals surface area contributed by atoms with Gasteiger partial charge in [-0.15, -0.1) is 0 Å². The molecule has 1 aromatic carbocycles. The molecule has 5 rings (SSSR count). The normalized spacial score (nSPS) is 36.3. The van der Waals surface area contributed by atoms with Crippen molar-refractivity contribution in [1.29, 1.82) is 0 Å². The maximum absolute atomic E-state index is 9.58. The molecule has 0 spiro atoms. The summed E-state index contributed by atoms with van der Waals surface area (Å²) in [6, 6.07) is 9.31.